The summed E-state index contributed by atoms with van der Waals surface area (Å²) in [6, 6.07) is 0. The van der Waals surface area contributed by atoms with E-state index in [4.69, 9.17) is 4.74 Å². The Bertz CT molecular complexity index is 768. The van der Waals surface area contributed by atoms with Gasteiger partial charge in [-0.3, -0.25) is 9.59 Å². The zero-order chi connectivity index (χ0) is 18.6. The third kappa shape index (κ3) is 2.47. The number of imidazole rings is 1. The van der Waals surface area contributed by atoms with Crippen molar-refractivity contribution >= 4 is 11.8 Å². The molecule has 144 valence electrons. The monoisotopic (exact) mass is 370 g/mol. The SMILES string of the molecule is CCCN1C[C@]23C=C[C@H](O2)[C@H](C(=O)N2CCC(c4ncc[nH]4)CC2)[C@@H]3C1=O. The Hall–Kier alpha value is -2.15. The standard InChI is InChI=1S/C20H26N4O3/c1-2-9-24-12-20-6-3-14(27-20)15(16(20)19(24)26)18(25)23-10-4-13(5-11-23)17-21-7-8-22-17/h3,6-8,13-16H,2,4-5,9-12H2,1H3,(H,21,22)/t14-,15-,16+,20-/m0/s1. The van der Waals surface area contributed by atoms with Gasteiger partial charge >= 0.3 is 0 Å². The number of hydrogen-bond donors (Lipinski definition) is 1. The Kier molecular flexibility index (Phi) is 3.89. The first-order valence-corrected chi connectivity index (χ1v) is 10.1. The maximum atomic E-state index is 13.4. The second-order valence-electron chi connectivity index (χ2n) is 8.23. The number of hydrogen-bond acceptors (Lipinski definition) is 4. The summed E-state index contributed by atoms with van der Waals surface area (Å²) in [5, 5.41) is 0. The first kappa shape index (κ1) is 17.0. The van der Waals surface area contributed by atoms with Crippen molar-refractivity contribution in [3.8, 4) is 0 Å². The fourth-order valence-electron chi connectivity index (χ4n) is 5.40. The van der Waals surface area contributed by atoms with Crippen molar-refractivity contribution in [1.82, 2.24) is 19.8 Å². The van der Waals surface area contributed by atoms with Gasteiger partial charge in [-0.05, 0) is 19.3 Å². The molecule has 4 aliphatic rings. The number of nitrogens with one attached hydrogen (secondary N) is 1. The predicted molar refractivity (Wildman–Crippen MR) is 97.7 cm³/mol. The summed E-state index contributed by atoms with van der Waals surface area (Å²) in [5.74, 6) is 0.834. The Balaban J connectivity index is 1.31. The molecule has 1 aromatic heterocycles. The molecule has 7 nitrogen and oxygen atoms in total. The lowest BCUT2D eigenvalue weighted by Crippen LogP contribution is -2.48. The highest BCUT2D eigenvalue weighted by atomic mass is 16.5. The van der Waals surface area contributed by atoms with E-state index >= 15 is 0 Å². The van der Waals surface area contributed by atoms with Crippen LogP contribution >= 0.6 is 0 Å². The molecule has 2 amide bonds. The molecule has 7 heteroatoms. The van der Waals surface area contributed by atoms with Crippen LogP contribution in [0.4, 0.5) is 0 Å². The van der Waals surface area contributed by atoms with E-state index in [1.165, 1.54) is 0 Å². The highest BCUT2D eigenvalue weighted by molar-refractivity contribution is 5.93. The lowest BCUT2D eigenvalue weighted by molar-refractivity contribution is -0.144. The van der Waals surface area contributed by atoms with Gasteiger partial charge < -0.3 is 19.5 Å². The van der Waals surface area contributed by atoms with Crippen LogP contribution in [-0.4, -0.2) is 69.5 Å². The zero-order valence-electron chi connectivity index (χ0n) is 15.6. The van der Waals surface area contributed by atoms with Crippen molar-refractivity contribution in [3.63, 3.8) is 0 Å². The second-order valence-corrected chi connectivity index (χ2v) is 8.23. The van der Waals surface area contributed by atoms with Crippen LogP contribution in [0.15, 0.2) is 24.5 Å². The van der Waals surface area contributed by atoms with Crippen molar-refractivity contribution in [3.05, 3.63) is 30.4 Å². The Labute approximate surface area is 158 Å². The molecule has 5 heterocycles. The van der Waals surface area contributed by atoms with Gasteiger partial charge in [0.05, 0.1) is 24.5 Å². The third-order valence-electron chi connectivity index (χ3n) is 6.67. The van der Waals surface area contributed by atoms with Crippen LogP contribution in [-0.2, 0) is 14.3 Å². The summed E-state index contributed by atoms with van der Waals surface area (Å²) in [6.07, 6.45) is 10.1. The number of carbonyl (C=O) groups is 2. The Morgan fingerprint density at radius 3 is 2.93 bits per heavy atom. The van der Waals surface area contributed by atoms with Crippen molar-refractivity contribution in [1.29, 1.82) is 0 Å². The molecule has 0 saturated carbocycles. The number of piperidine rings is 1. The maximum absolute atomic E-state index is 13.4. The number of rotatable bonds is 4. The molecule has 3 fully saturated rings. The number of H-pyrrole nitrogens is 1. The minimum Gasteiger partial charge on any atom is -0.360 e. The number of nitrogens with zero attached hydrogens (tertiary/aromatic N) is 3. The number of carbonyl (C=O) groups excluding carboxylic acids is 2. The van der Waals surface area contributed by atoms with Crippen LogP contribution < -0.4 is 0 Å². The minimum atomic E-state index is -0.580. The molecule has 0 unspecified atom stereocenters. The number of likely N-dealkylation sites (tertiary alicyclic amines) is 2. The van der Waals surface area contributed by atoms with Crippen LogP contribution in [0.3, 0.4) is 0 Å². The fourth-order valence-corrected chi connectivity index (χ4v) is 5.40. The van der Waals surface area contributed by atoms with E-state index in [1.54, 1.807) is 6.20 Å². The fraction of sp³-hybridized carbons (Fsp3) is 0.650. The highest BCUT2D eigenvalue weighted by Gasteiger charge is 2.67. The summed E-state index contributed by atoms with van der Waals surface area (Å²) in [7, 11) is 0. The van der Waals surface area contributed by atoms with Gasteiger partial charge in [0.15, 0.2) is 0 Å². The van der Waals surface area contributed by atoms with Gasteiger partial charge in [-0.2, -0.15) is 0 Å². The van der Waals surface area contributed by atoms with Gasteiger partial charge in [-0.15, -0.1) is 0 Å². The first-order valence-electron chi connectivity index (χ1n) is 10.1. The average Bonchev–Trinajstić information content (AvgIpc) is 3.44. The van der Waals surface area contributed by atoms with Gasteiger partial charge in [-0.1, -0.05) is 19.1 Å². The molecule has 27 heavy (non-hydrogen) atoms. The van der Waals surface area contributed by atoms with Crippen molar-refractivity contribution in [2.75, 3.05) is 26.2 Å². The van der Waals surface area contributed by atoms with Crippen LogP contribution in [0.5, 0.6) is 0 Å². The predicted octanol–water partition coefficient (Wildman–Crippen LogP) is 1.31. The molecular weight excluding hydrogens is 344 g/mol. The lowest BCUT2D eigenvalue weighted by atomic mass is 9.76. The maximum Gasteiger partial charge on any atom is 0.230 e. The van der Waals surface area contributed by atoms with Crippen LogP contribution in [0.1, 0.15) is 37.9 Å². The van der Waals surface area contributed by atoms with Gasteiger partial charge in [-0.25, -0.2) is 4.98 Å². The van der Waals surface area contributed by atoms with Gasteiger partial charge in [0.25, 0.3) is 0 Å². The smallest absolute Gasteiger partial charge is 0.230 e. The Morgan fingerprint density at radius 1 is 1.41 bits per heavy atom. The second kappa shape index (κ2) is 6.19. The number of amides is 2. The zero-order valence-corrected chi connectivity index (χ0v) is 15.6. The molecule has 5 rings (SSSR count). The molecule has 4 atom stereocenters. The molecule has 1 spiro atoms. The molecule has 3 saturated heterocycles. The molecule has 0 aromatic carbocycles. The summed E-state index contributed by atoms with van der Waals surface area (Å²) in [6.45, 7) is 4.81. The molecule has 4 aliphatic heterocycles. The van der Waals surface area contributed by atoms with Crippen molar-refractivity contribution in [2.24, 2.45) is 11.8 Å². The van der Waals surface area contributed by atoms with E-state index in [2.05, 4.69) is 16.9 Å². The van der Waals surface area contributed by atoms with E-state index in [9.17, 15) is 9.59 Å². The van der Waals surface area contributed by atoms with Gasteiger partial charge in [0, 0.05) is 37.9 Å². The molecule has 0 radical (unpaired) electrons. The first-order chi connectivity index (χ1) is 13.1. The highest BCUT2D eigenvalue weighted by Crippen LogP contribution is 2.52. The molecule has 1 N–H and O–H groups in total. The summed E-state index contributed by atoms with van der Waals surface area (Å²) >= 11 is 0. The Morgan fingerprint density at radius 2 is 2.22 bits per heavy atom. The molecule has 0 aliphatic carbocycles. The van der Waals surface area contributed by atoms with Crippen LogP contribution in [0.2, 0.25) is 0 Å². The molecule has 1 aromatic rings. The quantitative estimate of drug-likeness (QED) is 0.811. The number of ether oxygens (including phenoxy) is 1. The van der Waals surface area contributed by atoms with Crippen LogP contribution in [0, 0.1) is 11.8 Å². The van der Waals surface area contributed by atoms with Crippen molar-refractivity contribution in [2.45, 2.75) is 43.8 Å². The molecule has 2 bridgehead atoms. The van der Waals surface area contributed by atoms with Gasteiger partial charge in [0.2, 0.25) is 11.8 Å². The number of fused-ring (bicyclic) bond motifs is 1. The third-order valence-corrected chi connectivity index (χ3v) is 6.67. The number of aromatic nitrogens is 2. The number of aromatic amines is 1. The summed E-state index contributed by atoms with van der Waals surface area (Å²) in [5.41, 5.74) is -0.580. The van der Waals surface area contributed by atoms with Gasteiger partial charge in [0.1, 0.15) is 11.4 Å². The normalized spacial score (nSPS) is 35.3. The molecular formula is C20H26N4O3. The average molecular weight is 370 g/mol. The van der Waals surface area contributed by atoms with Crippen LogP contribution in [0.25, 0.3) is 0 Å². The summed E-state index contributed by atoms with van der Waals surface area (Å²) < 4.78 is 6.20. The van der Waals surface area contributed by atoms with E-state index < -0.39 is 5.60 Å². The van der Waals surface area contributed by atoms with E-state index in [0.29, 0.717) is 25.6 Å². The van der Waals surface area contributed by atoms with E-state index in [1.807, 2.05) is 28.1 Å². The summed E-state index contributed by atoms with van der Waals surface area (Å²) in [4.78, 5) is 37.7. The van der Waals surface area contributed by atoms with E-state index in [-0.39, 0.29) is 29.8 Å². The minimum absolute atomic E-state index is 0.0841. The topological polar surface area (TPSA) is 78.5 Å². The van der Waals surface area contributed by atoms with E-state index in [0.717, 1.165) is 31.6 Å². The largest absolute Gasteiger partial charge is 0.360 e. The van der Waals surface area contributed by atoms with Crippen molar-refractivity contribution < 1.29 is 14.3 Å². The lowest BCUT2D eigenvalue weighted by Gasteiger charge is -2.35.